The second-order valence-corrected chi connectivity index (χ2v) is 5.20. The van der Waals surface area contributed by atoms with Gasteiger partial charge in [0.25, 0.3) is 0 Å². The molecule has 11 heteroatoms. The van der Waals surface area contributed by atoms with Gasteiger partial charge < -0.3 is 20.1 Å². The molecule has 0 radical (unpaired) electrons. The normalized spacial score (nSPS) is 23.1. The number of aliphatic hydroxyl groups excluding tert-OH is 1. The van der Waals surface area contributed by atoms with Crippen LogP contribution < -0.4 is 5.32 Å². The maximum atomic E-state index is 13.1. The first-order valence-electron chi connectivity index (χ1n) is 6.95. The number of rotatable bonds is 5. The van der Waals surface area contributed by atoms with E-state index in [2.05, 4.69) is 15.4 Å². The van der Waals surface area contributed by atoms with Gasteiger partial charge in [-0.3, -0.25) is 0 Å². The zero-order valence-corrected chi connectivity index (χ0v) is 12.4. The number of hydrogen-bond donors (Lipinski definition) is 2. The van der Waals surface area contributed by atoms with E-state index in [1.54, 1.807) is 0 Å². The van der Waals surface area contributed by atoms with E-state index < -0.39 is 30.8 Å². The zero-order chi connectivity index (χ0) is 17.0. The number of aromatic nitrogens is 3. The third-order valence-corrected chi connectivity index (χ3v) is 3.76. The summed E-state index contributed by atoms with van der Waals surface area (Å²) >= 11 is 0. The van der Waals surface area contributed by atoms with Crippen LogP contribution in [-0.2, 0) is 4.74 Å². The molecule has 2 amide bonds. The van der Waals surface area contributed by atoms with Gasteiger partial charge in [-0.05, 0) is 6.42 Å². The highest BCUT2D eigenvalue weighted by atomic mass is 19.4. The van der Waals surface area contributed by atoms with Gasteiger partial charge in [0.1, 0.15) is 12.7 Å². The van der Waals surface area contributed by atoms with Gasteiger partial charge in [-0.1, -0.05) is 0 Å². The monoisotopic (exact) mass is 337 g/mol. The van der Waals surface area contributed by atoms with E-state index in [1.165, 1.54) is 12.0 Å². The number of methoxy groups -OCH3 is 1. The lowest BCUT2D eigenvalue weighted by molar-refractivity contribution is -0.168. The average Bonchev–Trinajstić information content (AvgIpc) is 3.14. The number of urea groups is 1. The highest BCUT2D eigenvalue weighted by Gasteiger charge is 2.43. The summed E-state index contributed by atoms with van der Waals surface area (Å²) in [6.07, 6.45) is -2.46. The molecule has 1 aliphatic rings. The summed E-state index contributed by atoms with van der Waals surface area (Å²) < 4.78 is 44.9. The van der Waals surface area contributed by atoms with Crippen LogP contribution in [0.3, 0.4) is 0 Å². The average molecular weight is 337 g/mol. The van der Waals surface area contributed by atoms with E-state index >= 15 is 0 Å². The maximum Gasteiger partial charge on any atom is 0.412 e. The lowest BCUT2D eigenvalue weighted by atomic mass is 10.2. The third kappa shape index (κ3) is 4.10. The molecule has 2 rings (SSSR count). The van der Waals surface area contributed by atoms with Gasteiger partial charge >= 0.3 is 12.2 Å². The number of aliphatic hydroxyl groups is 1. The van der Waals surface area contributed by atoms with E-state index in [4.69, 9.17) is 4.74 Å². The Morgan fingerprint density at radius 3 is 2.83 bits per heavy atom. The molecule has 2 heterocycles. The Balaban J connectivity index is 1.99. The van der Waals surface area contributed by atoms with Crippen molar-refractivity contribution in [2.75, 3.05) is 26.8 Å². The summed E-state index contributed by atoms with van der Waals surface area (Å²) in [5, 5.41) is 15.0. The molecule has 0 bridgehead atoms. The number of hydrogen-bond acceptors (Lipinski definition) is 5. The number of nitrogens with zero attached hydrogens (tertiary/aromatic N) is 4. The lowest BCUT2D eigenvalue weighted by Gasteiger charge is -2.25. The molecule has 1 aromatic rings. The number of likely N-dealkylation sites (tertiary alicyclic amines) is 1. The third-order valence-electron chi connectivity index (χ3n) is 3.76. The van der Waals surface area contributed by atoms with E-state index in [0.29, 0.717) is 11.1 Å². The molecule has 1 fully saturated rings. The van der Waals surface area contributed by atoms with Crippen molar-refractivity contribution in [3.05, 3.63) is 12.7 Å². The standard InChI is InChI=1S/C12H18F3N5O3/c1-23-9-2-8(5-21)19(4-9)11(22)17-3-10(12(13,14)15)20-7-16-6-18-20/h6-10,21H,2-5H2,1H3,(H,17,22)/t8-,9-,10?/m0/s1. The molecule has 3 atom stereocenters. The van der Waals surface area contributed by atoms with E-state index in [1.807, 2.05) is 0 Å². The minimum absolute atomic E-state index is 0.216. The smallest absolute Gasteiger partial charge is 0.394 e. The molecule has 2 N–H and O–H groups in total. The van der Waals surface area contributed by atoms with Crippen LogP contribution in [0.2, 0.25) is 0 Å². The number of carbonyl (C=O) groups is 1. The number of halogens is 3. The summed E-state index contributed by atoms with van der Waals surface area (Å²) in [6, 6.07) is -3.17. The molecule has 1 aliphatic heterocycles. The molecule has 0 aromatic carbocycles. The Hall–Kier alpha value is -1.88. The SMILES string of the molecule is CO[C@H]1C[C@@H](CO)N(C(=O)NCC(n2cncn2)C(F)(F)F)C1. The molecular formula is C12H18F3N5O3. The van der Waals surface area contributed by atoms with Crippen molar-refractivity contribution in [2.45, 2.75) is 30.8 Å². The lowest BCUT2D eigenvalue weighted by Crippen LogP contribution is -2.47. The van der Waals surface area contributed by atoms with Gasteiger partial charge in [-0.25, -0.2) is 14.5 Å². The van der Waals surface area contributed by atoms with Gasteiger partial charge in [0, 0.05) is 13.7 Å². The Labute approximate surface area is 130 Å². The maximum absolute atomic E-state index is 13.1. The van der Waals surface area contributed by atoms with Crippen LogP contribution in [0.5, 0.6) is 0 Å². The van der Waals surface area contributed by atoms with E-state index in [0.717, 1.165) is 12.7 Å². The van der Waals surface area contributed by atoms with Crippen molar-refractivity contribution in [1.29, 1.82) is 0 Å². The fourth-order valence-electron chi connectivity index (χ4n) is 2.49. The molecule has 0 spiro atoms. The van der Waals surface area contributed by atoms with Crippen molar-refractivity contribution in [3.8, 4) is 0 Å². The number of nitrogens with one attached hydrogen (secondary N) is 1. The molecule has 23 heavy (non-hydrogen) atoms. The van der Waals surface area contributed by atoms with Crippen molar-refractivity contribution in [2.24, 2.45) is 0 Å². The van der Waals surface area contributed by atoms with Crippen LogP contribution in [0.25, 0.3) is 0 Å². The second kappa shape index (κ2) is 7.13. The van der Waals surface area contributed by atoms with Crippen LogP contribution in [0, 0.1) is 0 Å². The first-order valence-corrected chi connectivity index (χ1v) is 6.95. The van der Waals surface area contributed by atoms with Crippen molar-refractivity contribution >= 4 is 6.03 Å². The van der Waals surface area contributed by atoms with Gasteiger partial charge in [0.2, 0.25) is 0 Å². The summed E-state index contributed by atoms with van der Waals surface area (Å²) in [4.78, 5) is 16.9. The first kappa shape index (κ1) is 17.5. The van der Waals surface area contributed by atoms with Crippen molar-refractivity contribution in [3.63, 3.8) is 0 Å². The minimum Gasteiger partial charge on any atom is -0.394 e. The van der Waals surface area contributed by atoms with E-state index in [-0.39, 0.29) is 19.3 Å². The van der Waals surface area contributed by atoms with Crippen LogP contribution in [-0.4, -0.2) is 75.9 Å². The highest BCUT2D eigenvalue weighted by molar-refractivity contribution is 5.75. The Morgan fingerprint density at radius 1 is 1.57 bits per heavy atom. The molecular weight excluding hydrogens is 319 g/mol. The largest absolute Gasteiger partial charge is 0.412 e. The van der Waals surface area contributed by atoms with Gasteiger partial charge in [0.05, 0.1) is 25.3 Å². The minimum atomic E-state index is -4.59. The fraction of sp³-hybridized carbons (Fsp3) is 0.750. The highest BCUT2D eigenvalue weighted by Crippen LogP contribution is 2.29. The summed E-state index contributed by atoms with van der Waals surface area (Å²) in [5.41, 5.74) is 0. The van der Waals surface area contributed by atoms with Gasteiger partial charge in [-0.15, -0.1) is 0 Å². The Kier molecular flexibility index (Phi) is 5.42. The fourth-order valence-corrected chi connectivity index (χ4v) is 2.49. The quantitative estimate of drug-likeness (QED) is 0.799. The summed E-state index contributed by atoms with van der Waals surface area (Å²) in [7, 11) is 1.48. The van der Waals surface area contributed by atoms with Crippen LogP contribution in [0.4, 0.5) is 18.0 Å². The topological polar surface area (TPSA) is 92.5 Å². The van der Waals surface area contributed by atoms with Crippen LogP contribution >= 0.6 is 0 Å². The number of ether oxygens (including phenoxy) is 1. The number of alkyl halides is 3. The number of carbonyl (C=O) groups excluding carboxylic acids is 1. The molecule has 1 saturated heterocycles. The predicted molar refractivity (Wildman–Crippen MR) is 71.5 cm³/mol. The molecule has 8 nitrogen and oxygen atoms in total. The predicted octanol–water partition coefficient (Wildman–Crippen LogP) is 0.173. The molecule has 0 saturated carbocycles. The molecule has 0 aliphatic carbocycles. The van der Waals surface area contributed by atoms with Crippen LogP contribution in [0.15, 0.2) is 12.7 Å². The van der Waals surface area contributed by atoms with Gasteiger partial charge in [0.15, 0.2) is 6.04 Å². The first-order chi connectivity index (χ1) is 10.9. The van der Waals surface area contributed by atoms with Crippen LogP contribution in [0.1, 0.15) is 12.5 Å². The second-order valence-electron chi connectivity index (χ2n) is 5.20. The Morgan fingerprint density at radius 2 is 2.30 bits per heavy atom. The summed E-state index contributed by atoms with van der Waals surface area (Å²) in [6.45, 7) is -0.745. The zero-order valence-electron chi connectivity index (χ0n) is 12.4. The Bertz CT molecular complexity index is 511. The van der Waals surface area contributed by atoms with E-state index in [9.17, 15) is 23.1 Å². The van der Waals surface area contributed by atoms with Crippen molar-refractivity contribution < 1.29 is 27.8 Å². The van der Waals surface area contributed by atoms with Gasteiger partial charge in [-0.2, -0.15) is 18.3 Å². The molecule has 130 valence electrons. The molecule has 1 unspecified atom stereocenters. The number of amides is 2. The van der Waals surface area contributed by atoms with Crippen molar-refractivity contribution in [1.82, 2.24) is 25.0 Å². The summed E-state index contributed by atoms with van der Waals surface area (Å²) in [5.74, 6) is 0. The molecule has 1 aromatic heterocycles.